The summed E-state index contributed by atoms with van der Waals surface area (Å²) < 4.78 is 5.52. The molecule has 1 heterocycles. The third-order valence-corrected chi connectivity index (χ3v) is 3.96. The van der Waals surface area contributed by atoms with Gasteiger partial charge in [-0.2, -0.15) is 0 Å². The molecule has 1 fully saturated rings. The van der Waals surface area contributed by atoms with Crippen LogP contribution in [-0.4, -0.2) is 36.6 Å². The Morgan fingerprint density at radius 3 is 2.95 bits per heavy atom. The highest BCUT2D eigenvalue weighted by atomic mass is 35.5. The first kappa shape index (κ1) is 15.4. The van der Waals surface area contributed by atoms with Crippen LogP contribution in [-0.2, 0) is 9.53 Å². The summed E-state index contributed by atoms with van der Waals surface area (Å²) in [6.45, 7) is 4.06. The fourth-order valence-corrected chi connectivity index (χ4v) is 2.50. The molecule has 0 saturated carbocycles. The molecule has 5 heteroatoms. The van der Waals surface area contributed by atoms with Crippen LogP contribution < -0.4 is 0 Å². The molecule has 20 heavy (non-hydrogen) atoms. The summed E-state index contributed by atoms with van der Waals surface area (Å²) >= 11 is 11.8. The van der Waals surface area contributed by atoms with E-state index in [1.54, 1.807) is 29.2 Å². The van der Waals surface area contributed by atoms with Crippen molar-refractivity contribution in [2.75, 3.05) is 19.7 Å². The summed E-state index contributed by atoms with van der Waals surface area (Å²) in [5.41, 5.74) is 0.855. The highest BCUT2D eigenvalue weighted by Gasteiger charge is 2.24. The Morgan fingerprint density at radius 1 is 1.45 bits per heavy atom. The molecule has 1 saturated heterocycles. The first-order valence-electron chi connectivity index (χ1n) is 6.63. The number of likely N-dealkylation sites (tertiary alicyclic amines) is 1. The molecule has 1 aliphatic heterocycles. The quantitative estimate of drug-likeness (QED) is 0.794. The van der Waals surface area contributed by atoms with Crippen molar-refractivity contribution < 1.29 is 9.53 Å². The third kappa shape index (κ3) is 3.98. The minimum atomic E-state index is -0.00160. The van der Waals surface area contributed by atoms with Gasteiger partial charge in [0, 0.05) is 25.8 Å². The van der Waals surface area contributed by atoms with E-state index in [0.717, 1.165) is 18.5 Å². The van der Waals surface area contributed by atoms with Crippen LogP contribution in [0.3, 0.4) is 0 Å². The van der Waals surface area contributed by atoms with Crippen LogP contribution in [0.2, 0.25) is 10.0 Å². The maximum Gasteiger partial charge on any atom is 0.246 e. The Morgan fingerprint density at radius 2 is 2.25 bits per heavy atom. The second-order valence-corrected chi connectivity index (χ2v) is 5.47. The molecule has 1 aromatic carbocycles. The summed E-state index contributed by atoms with van der Waals surface area (Å²) in [4.78, 5) is 13.8. The number of rotatable bonds is 4. The highest BCUT2D eigenvalue weighted by molar-refractivity contribution is 6.42. The number of hydrogen-bond donors (Lipinski definition) is 0. The number of carbonyl (C=O) groups is 1. The molecule has 0 bridgehead atoms. The largest absolute Gasteiger partial charge is 0.377 e. The smallest absolute Gasteiger partial charge is 0.246 e. The van der Waals surface area contributed by atoms with Crippen molar-refractivity contribution in [3.63, 3.8) is 0 Å². The molecule has 0 aromatic heterocycles. The first-order valence-corrected chi connectivity index (χ1v) is 7.39. The number of halogens is 2. The van der Waals surface area contributed by atoms with Crippen molar-refractivity contribution in [1.29, 1.82) is 0 Å². The Labute approximate surface area is 129 Å². The van der Waals surface area contributed by atoms with Gasteiger partial charge in [-0.15, -0.1) is 0 Å². The topological polar surface area (TPSA) is 29.5 Å². The van der Waals surface area contributed by atoms with Gasteiger partial charge in [0.05, 0.1) is 16.1 Å². The van der Waals surface area contributed by atoms with Crippen molar-refractivity contribution in [1.82, 2.24) is 4.90 Å². The molecule has 3 nitrogen and oxygen atoms in total. The monoisotopic (exact) mass is 313 g/mol. The Hall–Kier alpha value is -1.03. The molecule has 0 N–H and O–H groups in total. The van der Waals surface area contributed by atoms with Gasteiger partial charge in [0.1, 0.15) is 0 Å². The molecule has 0 radical (unpaired) electrons. The number of amides is 1. The van der Waals surface area contributed by atoms with E-state index in [4.69, 9.17) is 27.9 Å². The van der Waals surface area contributed by atoms with E-state index < -0.39 is 0 Å². The molecule has 1 amide bonds. The van der Waals surface area contributed by atoms with Gasteiger partial charge < -0.3 is 9.64 Å². The summed E-state index contributed by atoms with van der Waals surface area (Å²) in [6.07, 6.45) is 4.38. The van der Waals surface area contributed by atoms with E-state index in [9.17, 15) is 4.79 Å². The van der Waals surface area contributed by atoms with Crippen LogP contribution in [0.15, 0.2) is 24.3 Å². The van der Waals surface area contributed by atoms with E-state index in [0.29, 0.717) is 23.2 Å². The predicted octanol–water partition coefficient (Wildman–Crippen LogP) is 3.64. The van der Waals surface area contributed by atoms with Crippen molar-refractivity contribution in [2.45, 2.75) is 19.4 Å². The zero-order valence-corrected chi connectivity index (χ0v) is 12.8. The number of benzene rings is 1. The van der Waals surface area contributed by atoms with E-state index >= 15 is 0 Å². The van der Waals surface area contributed by atoms with Crippen LogP contribution in [0.4, 0.5) is 0 Å². The van der Waals surface area contributed by atoms with Crippen LogP contribution in [0.1, 0.15) is 18.9 Å². The fraction of sp³-hybridized carbons (Fsp3) is 0.400. The summed E-state index contributed by atoms with van der Waals surface area (Å²) in [7, 11) is 0. The maximum atomic E-state index is 12.0. The minimum Gasteiger partial charge on any atom is -0.377 e. The lowest BCUT2D eigenvalue weighted by Gasteiger charge is -2.14. The van der Waals surface area contributed by atoms with Crippen LogP contribution >= 0.6 is 23.2 Å². The van der Waals surface area contributed by atoms with Crippen molar-refractivity contribution in [2.24, 2.45) is 0 Å². The second kappa shape index (κ2) is 7.11. The Balaban J connectivity index is 1.94. The number of ether oxygens (including phenoxy) is 1. The number of nitrogens with zero attached hydrogens (tertiary/aromatic N) is 1. The summed E-state index contributed by atoms with van der Waals surface area (Å²) in [6, 6.07) is 5.28. The van der Waals surface area contributed by atoms with Gasteiger partial charge >= 0.3 is 0 Å². The second-order valence-electron chi connectivity index (χ2n) is 4.66. The standard InChI is InChI=1S/C15H17Cl2NO2/c1-2-20-12-7-8-18(10-12)15(19)6-4-11-3-5-13(16)14(17)9-11/h3-6,9,12H,2,7-8,10H2,1H3. The Kier molecular flexibility index (Phi) is 5.46. The Bertz CT molecular complexity index is 517. The van der Waals surface area contributed by atoms with Gasteiger partial charge in [0.15, 0.2) is 0 Å². The summed E-state index contributed by atoms with van der Waals surface area (Å²) in [5, 5.41) is 0.994. The van der Waals surface area contributed by atoms with Gasteiger partial charge in [-0.1, -0.05) is 29.3 Å². The molecule has 1 aliphatic rings. The molecule has 0 aliphatic carbocycles. The average molecular weight is 314 g/mol. The molecule has 1 aromatic rings. The van der Waals surface area contributed by atoms with Crippen molar-refractivity contribution >= 4 is 35.2 Å². The van der Waals surface area contributed by atoms with Gasteiger partial charge in [-0.3, -0.25) is 4.79 Å². The predicted molar refractivity (Wildman–Crippen MR) is 82.1 cm³/mol. The van der Waals surface area contributed by atoms with Gasteiger partial charge in [-0.25, -0.2) is 0 Å². The molecule has 2 rings (SSSR count). The molecular formula is C15H17Cl2NO2. The minimum absolute atomic E-state index is 0.00160. The van der Waals surface area contributed by atoms with Crippen LogP contribution in [0.5, 0.6) is 0 Å². The van der Waals surface area contributed by atoms with E-state index in [2.05, 4.69) is 0 Å². The number of hydrogen-bond acceptors (Lipinski definition) is 2. The summed E-state index contributed by atoms with van der Waals surface area (Å²) in [5.74, 6) is -0.00160. The van der Waals surface area contributed by atoms with Gasteiger partial charge in [0.25, 0.3) is 0 Å². The molecule has 0 spiro atoms. The third-order valence-electron chi connectivity index (χ3n) is 3.22. The first-order chi connectivity index (χ1) is 9.60. The number of carbonyl (C=O) groups excluding carboxylic acids is 1. The van der Waals surface area contributed by atoms with Crippen LogP contribution in [0.25, 0.3) is 6.08 Å². The lowest BCUT2D eigenvalue weighted by molar-refractivity contribution is -0.125. The molecular weight excluding hydrogens is 297 g/mol. The zero-order chi connectivity index (χ0) is 14.5. The lowest BCUT2D eigenvalue weighted by Crippen LogP contribution is -2.28. The lowest BCUT2D eigenvalue weighted by atomic mass is 10.2. The van der Waals surface area contributed by atoms with E-state index in [1.807, 2.05) is 13.0 Å². The highest BCUT2D eigenvalue weighted by Crippen LogP contribution is 2.23. The van der Waals surface area contributed by atoms with E-state index in [-0.39, 0.29) is 12.0 Å². The SMILES string of the molecule is CCOC1CCN(C(=O)C=Cc2ccc(Cl)c(Cl)c2)C1. The van der Waals surface area contributed by atoms with E-state index in [1.165, 1.54) is 0 Å². The molecule has 108 valence electrons. The molecule has 1 unspecified atom stereocenters. The molecule has 1 atom stereocenters. The van der Waals surface area contributed by atoms with Crippen molar-refractivity contribution in [3.8, 4) is 0 Å². The zero-order valence-electron chi connectivity index (χ0n) is 11.3. The maximum absolute atomic E-state index is 12.0. The van der Waals surface area contributed by atoms with Gasteiger partial charge in [-0.05, 0) is 37.1 Å². The van der Waals surface area contributed by atoms with Gasteiger partial charge in [0.2, 0.25) is 5.91 Å². The van der Waals surface area contributed by atoms with Crippen LogP contribution in [0, 0.1) is 0 Å². The normalized spacial score (nSPS) is 18.9. The fourth-order valence-electron chi connectivity index (χ4n) is 2.19. The van der Waals surface area contributed by atoms with Crippen molar-refractivity contribution in [3.05, 3.63) is 39.9 Å². The average Bonchev–Trinajstić information content (AvgIpc) is 2.89.